The van der Waals surface area contributed by atoms with Crippen molar-refractivity contribution in [2.24, 2.45) is 5.41 Å². The highest BCUT2D eigenvalue weighted by atomic mass is 16.5. The summed E-state index contributed by atoms with van der Waals surface area (Å²) in [5.74, 6) is 0.717. The molecular formula is C20H31N3O3. The van der Waals surface area contributed by atoms with Crippen molar-refractivity contribution < 1.29 is 14.3 Å². The summed E-state index contributed by atoms with van der Waals surface area (Å²) < 4.78 is 5.81. The monoisotopic (exact) mass is 361 g/mol. The lowest BCUT2D eigenvalue weighted by molar-refractivity contribution is -0.121. The van der Waals surface area contributed by atoms with E-state index < -0.39 is 0 Å². The Kier molecular flexibility index (Phi) is 6.16. The summed E-state index contributed by atoms with van der Waals surface area (Å²) in [5.41, 5.74) is 1.66. The van der Waals surface area contributed by atoms with Crippen LogP contribution in [-0.2, 0) is 4.79 Å². The summed E-state index contributed by atoms with van der Waals surface area (Å²) >= 11 is 0. The highest BCUT2D eigenvalue weighted by Gasteiger charge is 2.27. The third-order valence-corrected chi connectivity index (χ3v) is 4.59. The molecule has 0 aliphatic carbocycles. The Hall–Kier alpha value is -2.24. The smallest absolute Gasteiger partial charge is 0.253 e. The number of nitrogens with one attached hydrogen (secondary N) is 1. The number of rotatable bonds is 5. The van der Waals surface area contributed by atoms with Gasteiger partial charge in [-0.05, 0) is 30.0 Å². The molecule has 1 atom stereocenters. The van der Waals surface area contributed by atoms with Crippen LogP contribution in [-0.4, -0.2) is 57.1 Å². The minimum Gasteiger partial charge on any atom is -0.489 e. The standard InChI is InChI=1S/C20H31N3O3/c1-20(2,3)9-10-21-18(24)12-15-13-26-17-8-7-14(19(25)22(4)5)11-16(17)23(15)6/h7-8,11,15H,9-10,12-13H2,1-6H3,(H,21,24). The minimum atomic E-state index is -0.0538. The zero-order valence-corrected chi connectivity index (χ0v) is 16.8. The second-order valence-electron chi connectivity index (χ2n) is 8.32. The molecule has 6 nitrogen and oxygen atoms in total. The van der Waals surface area contributed by atoms with Gasteiger partial charge in [0.05, 0.1) is 18.2 Å². The van der Waals surface area contributed by atoms with Gasteiger partial charge in [-0.25, -0.2) is 0 Å². The predicted octanol–water partition coefficient (Wildman–Crippen LogP) is 2.53. The number of hydrogen-bond acceptors (Lipinski definition) is 4. The van der Waals surface area contributed by atoms with Crippen LogP contribution in [0.4, 0.5) is 5.69 Å². The van der Waals surface area contributed by atoms with Crippen LogP contribution in [0.1, 0.15) is 44.0 Å². The van der Waals surface area contributed by atoms with Crippen LogP contribution in [0.3, 0.4) is 0 Å². The first-order valence-corrected chi connectivity index (χ1v) is 9.06. The van der Waals surface area contributed by atoms with Gasteiger partial charge in [0.1, 0.15) is 12.4 Å². The molecule has 6 heteroatoms. The third-order valence-electron chi connectivity index (χ3n) is 4.59. The Balaban J connectivity index is 2.02. The quantitative estimate of drug-likeness (QED) is 0.875. The lowest BCUT2D eigenvalue weighted by Gasteiger charge is -2.36. The molecule has 1 heterocycles. The average Bonchev–Trinajstić information content (AvgIpc) is 2.55. The fourth-order valence-corrected chi connectivity index (χ4v) is 2.86. The van der Waals surface area contributed by atoms with Gasteiger partial charge in [0, 0.05) is 33.3 Å². The number of fused-ring (bicyclic) bond motifs is 1. The molecule has 2 rings (SSSR count). The molecule has 0 saturated carbocycles. The molecular weight excluding hydrogens is 330 g/mol. The first-order chi connectivity index (χ1) is 12.1. The van der Waals surface area contributed by atoms with Gasteiger partial charge in [-0.1, -0.05) is 20.8 Å². The van der Waals surface area contributed by atoms with Crippen LogP contribution in [0.25, 0.3) is 0 Å². The van der Waals surface area contributed by atoms with E-state index in [-0.39, 0.29) is 23.3 Å². The maximum absolute atomic E-state index is 12.3. The number of hydrogen-bond donors (Lipinski definition) is 1. The van der Waals surface area contributed by atoms with Crippen LogP contribution in [0, 0.1) is 5.41 Å². The summed E-state index contributed by atoms with van der Waals surface area (Å²) in [6.07, 6.45) is 1.31. The Labute approximate surface area is 156 Å². The lowest BCUT2D eigenvalue weighted by atomic mass is 9.92. The molecule has 1 aliphatic heterocycles. The molecule has 0 spiro atoms. The van der Waals surface area contributed by atoms with E-state index in [2.05, 4.69) is 26.1 Å². The Morgan fingerprint density at radius 3 is 2.62 bits per heavy atom. The fourth-order valence-electron chi connectivity index (χ4n) is 2.86. The van der Waals surface area contributed by atoms with Crippen molar-refractivity contribution in [3.8, 4) is 5.75 Å². The molecule has 1 unspecified atom stereocenters. The first kappa shape index (κ1) is 20.1. The van der Waals surface area contributed by atoms with Crippen molar-refractivity contribution in [1.82, 2.24) is 10.2 Å². The van der Waals surface area contributed by atoms with Crippen LogP contribution in [0.15, 0.2) is 18.2 Å². The Morgan fingerprint density at radius 1 is 1.31 bits per heavy atom. The Bertz CT molecular complexity index is 665. The second-order valence-corrected chi connectivity index (χ2v) is 8.32. The maximum Gasteiger partial charge on any atom is 0.253 e. The molecule has 144 valence electrons. The fraction of sp³-hybridized carbons (Fsp3) is 0.600. The van der Waals surface area contributed by atoms with Gasteiger partial charge in [0.15, 0.2) is 0 Å². The van der Waals surface area contributed by atoms with Crippen molar-refractivity contribution in [2.45, 2.75) is 39.7 Å². The molecule has 0 aromatic heterocycles. The molecule has 2 amide bonds. The van der Waals surface area contributed by atoms with E-state index in [1.807, 2.05) is 24.1 Å². The van der Waals surface area contributed by atoms with Crippen molar-refractivity contribution in [3.63, 3.8) is 0 Å². The van der Waals surface area contributed by atoms with Gasteiger partial charge < -0.3 is 19.9 Å². The van der Waals surface area contributed by atoms with E-state index in [4.69, 9.17) is 4.74 Å². The molecule has 1 aliphatic rings. The van der Waals surface area contributed by atoms with E-state index in [9.17, 15) is 9.59 Å². The number of amides is 2. The van der Waals surface area contributed by atoms with Gasteiger partial charge in [-0.15, -0.1) is 0 Å². The number of benzene rings is 1. The van der Waals surface area contributed by atoms with E-state index >= 15 is 0 Å². The number of anilines is 1. The molecule has 0 saturated heterocycles. The van der Waals surface area contributed by atoms with Crippen LogP contribution in [0.2, 0.25) is 0 Å². The zero-order valence-electron chi connectivity index (χ0n) is 16.8. The van der Waals surface area contributed by atoms with Crippen LogP contribution in [0.5, 0.6) is 5.75 Å². The highest BCUT2D eigenvalue weighted by Crippen LogP contribution is 2.34. The summed E-state index contributed by atoms with van der Waals surface area (Å²) in [7, 11) is 5.40. The van der Waals surface area contributed by atoms with E-state index in [1.165, 1.54) is 0 Å². The van der Waals surface area contributed by atoms with E-state index in [0.29, 0.717) is 25.1 Å². The molecule has 0 fully saturated rings. The average molecular weight is 361 g/mol. The summed E-state index contributed by atoms with van der Waals surface area (Å²) in [5, 5.41) is 2.99. The SMILES string of the molecule is CN(C)C(=O)c1ccc2c(c1)N(C)C(CC(=O)NCCC(C)(C)C)CO2. The predicted molar refractivity (Wildman–Crippen MR) is 104 cm³/mol. The van der Waals surface area contributed by atoms with Gasteiger partial charge in [0.2, 0.25) is 5.91 Å². The molecule has 26 heavy (non-hydrogen) atoms. The summed E-state index contributed by atoms with van der Waals surface area (Å²) in [6, 6.07) is 5.37. The van der Waals surface area contributed by atoms with Gasteiger partial charge in [-0.3, -0.25) is 9.59 Å². The first-order valence-electron chi connectivity index (χ1n) is 9.06. The third kappa shape index (κ3) is 5.13. The molecule has 0 bridgehead atoms. The summed E-state index contributed by atoms with van der Waals surface area (Å²) in [6.45, 7) is 7.61. The number of ether oxygens (including phenoxy) is 1. The van der Waals surface area contributed by atoms with Crippen molar-refractivity contribution >= 4 is 17.5 Å². The zero-order chi connectivity index (χ0) is 19.5. The summed E-state index contributed by atoms with van der Waals surface area (Å²) in [4.78, 5) is 28.0. The normalized spacial score (nSPS) is 16.5. The Morgan fingerprint density at radius 2 is 2.00 bits per heavy atom. The molecule has 0 radical (unpaired) electrons. The number of nitrogens with zero attached hydrogens (tertiary/aromatic N) is 2. The molecule has 1 aromatic rings. The highest BCUT2D eigenvalue weighted by molar-refractivity contribution is 5.95. The number of carbonyl (C=O) groups is 2. The molecule has 1 N–H and O–H groups in total. The van der Waals surface area contributed by atoms with Gasteiger partial charge in [0.25, 0.3) is 5.91 Å². The largest absolute Gasteiger partial charge is 0.489 e. The molecule has 1 aromatic carbocycles. The van der Waals surface area contributed by atoms with Gasteiger partial charge in [-0.2, -0.15) is 0 Å². The lowest BCUT2D eigenvalue weighted by Crippen LogP contribution is -2.44. The minimum absolute atomic E-state index is 0.0265. The van der Waals surface area contributed by atoms with Crippen molar-refractivity contribution in [3.05, 3.63) is 23.8 Å². The van der Waals surface area contributed by atoms with Crippen LogP contribution < -0.4 is 15.0 Å². The number of likely N-dealkylation sites (N-methyl/N-ethyl adjacent to an activating group) is 1. The van der Waals surface area contributed by atoms with E-state index in [0.717, 1.165) is 17.9 Å². The van der Waals surface area contributed by atoms with Crippen LogP contribution >= 0.6 is 0 Å². The second kappa shape index (κ2) is 7.98. The van der Waals surface area contributed by atoms with Gasteiger partial charge >= 0.3 is 0 Å². The number of carbonyl (C=O) groups excluding carboxylic acids is 2. The maximum atomic E-state index is 12.3. The van der Waals surface area contributed by atoms with Crippen molar-refractivity contribution in [2.75, 3.05) is 39.2 Å². The van der Waals surface area contributed by atoms with E-state index in [1.54, 1.807) is 25.1 Å². The van der Waals surface area contributed by atoms with Crippen molar-refractivity contribution in [1.29, 1.82) is 0 Å². The topological polar surface area (TPSA) is 61.9 Å².